The van der Waals surface area contributed by atoms with Crippen LogP contribution < -0.4 is 5.32 Å². The van der Waals surface area contributed by atoms with E-state index in [0.717, 1.165) is 4.47 Å². The second kappa shape index (κ2) is 6.47. The predicted octanol–water partition coefficient (Wildman–Crippen LogP) is 5.59. The van der Waals surface area contributed by atoms with E-state index >= 15 is 0 Å². The first kappa shape index (κ1) is 15.8. The summed E-state index contributed by atoms with van der Waals surface area (Å²) in [6.45, 7) is 0. The largest absolute Gasteiger partial charge is 0.508 e. The van der Waals surface area contributed by atoms with Gasteiger partial charge >= 0.3 is 0 Å². The van der Waals surface area contributed by atoms with Gasteiger partial charge in [-0.25, -0.2) is 0 Å². The van der Waals surface area contributed by atoms with Crippen molar-refractivity contribution in [2.45, 2.75) is 0 Å². The van der Waals surface area contributed by atoms with Crippen LogP contribution in [0.5, 0.6) is 5.75 Å². The molecule has 0 unspecified atom stereocenters. The van der Waals surface area contributed by atoms with Crippen molar-refractivity contribution in [1.82, 2.24) is 0 Å². The third-order valence-corrected chi connectivity index (χ3v) is 4.48. The van der Waals surface area contributed by atoms with Crippen LogP contribution in [0.4, 0.5) is 5.69 Å². The number of nitrogens with one attached hydrogen (secondary N) is 1. The molecule has 0 aliphatic carbocycles. The Balaban J connectivity index is 2.35. The van der Waals surface area contributed by atoms with E-state index < -0.39 is 5.91 Å². The lowest BCUT2D eigenvalue weighted by molar-refractivity contribution is 0.102. The fourth-order valence-electron chi connectivity index (χ4n) is 1.53. The van der Waals surface area contributed by atoms with Crippen molar-refractivity contribution >= 4 is 71.0 Å². The van der Waals surface area contributed by atoms with Crippen molar-refractivity contribution in [3.8, 4) is 5.75 Å². The number of anilines is 1. The molecule has 0 aliphatic heterocycles. The Labute approximate surface area is 145 Å². The number of halogens is 4. The molecule has 3 nitrogen and oxygen atoms in total. The summed E-state index contributed by atoms with van der Waals surface area (Å²) in [5.74, 6) is -0.428. The van der Waals surface area contributed by atoms with Crippen LogP contribution in [0.2, 0.25) is 5.02 Å². The fourth-order valence-corrected chi connectivity index (χ4v) is 4.19. The molecule has 104 valence electrons. The van der Waals surface area contributed by atoms with Gasteiger partial charge < -0.3 is 10.4 Å². The van der Waals surface area contributed by atoms with Gasteiger partial charge in [0.15, 0.2) is 0 Å². The summed E-state index contributed by atoms with van der Waals surface area (Å²) in [5, 5.41) is 12.4. The molecule has 0 heterocycles. The van der Waals surface area contributed by atoms with Gasteiger partial charge in [0, 0.05) is 13.4 Å². The Morgan fingerprint density at radius 1 is 1.10 bits per heavy atom. The van der Waals surface area contributed by atoms with Crippen LogP contribution in [0.15, 0.2) is 43.7 Å². The molecule has 0 saturated heterocycles. The average Bonchev–Trinajstić information content (AvgIpc) is 2.36. The van der Waals surface area contributed by atoms with E-state index in [1.54, 1.807) is 0 Å². The number of carbonyl (C=O) groups is 1. The number of phenolic OH excluding ortho intramolecular Hbond substituents is 1. The average molecular weight is 484 g/mol. The lowest BCUT2D eigenvalue weighted by atomic mass is 10.2. The van der Waals surface area contributed by atoms with Gasteiger partial charge in [0.25, 0.3) is 5.91 Å². The zero-order valence-corrected chi connectivity index (χ0v) is 15.3. The molecule has 0 radical (unpaired) electrons. The second-order valence-corrected chi connectivity index (χ2v) is 6.89. The van der Waals surface area contributed by atoms with E-state index in [1.165, 1.54) is 18.2 Å². The highest BCUT2D eigenvalue weighted by Crippen LogP contribution is 2.35. The summed E-state index contributed by atoms with van der Waals surface area (Å²) in [6, 6.07) is 7.83. The van der Waals surface area contributed by atoms with Crippen LogP contribution in [-0.2, 0) is 0 Å². The van der Waals surface area contributed by atoms with Crippen LogP contribution in [0.1, 0.15) is 10.4 Å². The molecular formula is C13H7Br3ClNO2. The number of aromatic hydroxyl groups is 1. The summed E-state index contributed by atoms with van der Waals surface area (Å²) in [5.41, 5.74) is 0.783. The minimum Gasteiger partial charge on any atom is -0.508 e. The molecule has 0 aromatic heterocycles. The van der Waals surface area contributed by atoms with Crippen LogP contribution in [0.25, 0.3) is 0 Å². The van der Waals surface area contributed by atoms with E-state index in [0.29, 0.717) is 14.6 Å². The Morgan fingerprint density at radius 3 is 2.30 bits per heavy atom. The van der Waals surface area contributed by atoms with Gasteiger partial charge in [-0.2, -0.15) is 0 Å². The lowest BCUT2D eigenvalue weighted by Gasteiger charge is -2.11. The molecule has 0 fully saturated rings. The van der Waals surface area contributed by atoms with Crippen molar-refractivity contribution in [3.05, 3.63) is 54.3 Å². The second-order valence-electron chi connectivity index (χ2n) is 3.86. The molecule has 1 amide bonds. The number of carbonyl (C=O) groups excluding carboxylic acids is 1. The minimum absolute atomic E-state index is 0.0199. The highest BCUT2D eigenvalue weighted by atomic mass is 79.9. The Kier molecular flexibility index (Phi) is 5.12. The molecule has 0 bridgehead atoms. The van der Waals surface area contributed by atoms with Gasteiger partial charge in [-0.15, -0.1) is 0 Å². The molecule has 2 aromatic rings. The van der Waals surface area contributed by atoms with Crippen molar-refractivity contribution in [3.63, 3.8) is 0 Å². The molecule has 0 aliphatic rings. The monoisotopic (exact) mass is 481 g/mol. The van der Waals surface area contributed by atoms with Crippen molar-refractivity contribution in [2.75, 3.05) is 5.32 Å². The molecule has 2 N–H and O–H groups in total. The third-order valence-electron chi connectivity index (χ3n) is 2.44. The number of amides is 1. The lowest BCUT2D eigenvalue weighted by Crippen LogP contribution is -2.13. The molecule has 20 heavy (non-hydrogen) atoms. The number of hydrogen-bond acceptors (Lipinski definition) is 2. The molecule has 0 saturated carbocycles. The van der Waals surface area contributed by atoms with E-state index in [-0.39, 0.29) is 16.3 Å². The third kappa shape index (κ3) is 3.55. The maximum atomic E-state index is 12.2. The van der Waals surface area contributed by atoms with E-state index in [4.69, 9.17) is 11.6 Å². The van der Waals surface area contributed by atoms with Gasteiger partial charge in [-0.05, 0) is 62.2 Å². The van der Waals surface area contributed by atoms with Gasteiger partial charge in [0.05, 0.1) is 16.3 Å². The Hall–Kier alpha value is -0.560. The number of phenols is 1. The molecule has 2 rings (SSSR count). The quantitative estimate of drug-likeness (QED) is 0.585. The van der Waals surface area contributed by atoms with Crippen molar-refractivity contribution in [1.29, 1.82) is 0 Å². The molecule has 0 spiro atoms. The van der Waals surface area contributed by atoms with E-state index in [9.17, 15) is 9.90 Å². The maximum Gasteiger partial charge on any atom is 0.257 e. The zero-order valence-electron chi connectivity index (χ0n) is 9.75. The van der Waals surface area contributed by atoms with Gasteiger partial charge in [-0.1, -0.05) is 27.5 Å². The SMILES string of the molecule is O=C(Nc1c(Br)cc(Br)cc1Br)c1cc(O)ccc1Cl. The normalized spacial score (nSPS) is 10.4. The first-order chi connectivity index (χ1) is 9.38. The van der Waals surface area contributed by atoms with Gasteiger partial charge in [0.2, 0.25) is 0 Å². The summed E-state index contributed by atoms with van der Waals surface area (Å²) in [4.78, 5) is 12.2. The molecule has 0 atom stereocenters. The standard InChI is InChI=1S/C13H7Br3ClNO2/c14-6-3-9(15)12(10(16)4-6)18-13(20)8-5-7(19)1-2-11(8)17/h1-5,19H,(H,18,20). The highest BCUT2D eigenvalue weighted by molar-refractivity contribution is 9.11. The maximum absolute atomic E-state index is 12.2. The Bertz CT molecular complexity index is 668. The van der Waals surface area contributed by atoms with Crippen LogP contribution in [0.3, 0.4) is 0 Å². The summed E-state index contributed by atoms with van der Waals surface area (Å²) >= 11 is 16.1. The smallest absolute Gasteiger partial charge is 0.257 e. The number of benzene rings is 2. The zero-order chi connectivity index (χ0) is 14.9. The minimum atomic E-state index is -0.408. The number of rotatable bonds is 2. The molecular weight excluding hydrogens is 477 g/mol. The van der Waals surface area contributed by atoms with Crippen LogP contribution in [-0.4, -0.2) is 11.0 Å². The van der Waals surface area contributed by atoms with Gasteiger partial charge in [0.1, 0.15) is 5.75 Å². The topological polar surface area (TPSA) is 49.3 Å². The van der Waals surface area contributed by atoms with E-state index in [2.05, 4.69) is 53.1 Å². The predicted molar refractivity (Wildman–Crippen MR) is 90.6 cm³/mol. The molecule has 2 aromatic carbocycles. The highest BCUT2D eigenvalue weighted by Gasteiger charge is 2.15. The van der Waals surface area contributed by atoms with Crippen molar-refractivity contribution in [2.24, 2.45) is 0 Å². The summed E-state index contributed by atoms with van der Waals surface area (Å²) in [7, 11) is 0. The summed E-state index contributed by atoms with van der Waals surface area (Å²) < 4.78 is 2.29. The van der Waals surface area contributed by atoms with Crippen molar-refractivity contribution < 1.29 is 9.90 Å². The first-order valence-corrected chi connectivity index (χ1v) is 8.08. The number of hydrogen-bond donors (Lipinski definition) is 2. The van der Waals surface area contributed by atoms with E-state index in [1.807, 2.05) is 12.1 Å². The van der Waals surface area contributed by atoms with Crippen LogP contribution in [0, 0.1) is 0 Å². The Morgan fingerprint density at radius 2 is 1.70 bits per heavy atom. The molecule has 7 heteroatoms. The van der Waals surface area contributed by atoms with Gasteiger partial charge in [-0.3, -0.25) is 4.79 Å². The van der Waals surface area contributed by atoms with Crippen LogP contribution >= 0.6 is 59.4 Å². The summed E-state index contributed by atoms with van der Waals surface area (Å²) in [6.07, 6.45) is 0. The first-order valence-electron chi connectivity index (χ1n) is 5.33. The fraction of sp³-hybridized carbons (Fsp3) is 0.